The lowest BCUT2D eigenvalue weighted by molar-refractivity contribution is -0.141. The third kappa shape index (κ3) is 4.11. The fourth-order valence-electron chi connectivity index (χ4n) is 3.19. The molecule has 1 aliphatic rings. The number of hydrogen-bond donors (Lipinski definition) is 1. The molecule has 26 heavy (non-hydrogen) atoms. The quantitative estimate of drug-likeness (QED) is 0.865. The van der Waals surface area contributed by atoms with Crippen molar-refractivity contribution in [3.63, 3.8) is 0 Å². The molecule has 0 radical (unpaired) electrons. The van der Waals surface area contributed by atoms with Gasteiger partial charge in [0, 0.05) is 24.6 Å². The summed E-state index contributed by atoms with van der Waals surface area (Å²) in [6.07, 6.45) is 0.941. The summed E-state index contributed by atoms with van der Waals surface area (Å²) in [4.78, 5) is 26.0. The maximum atomic E-state index is 13.1. The Morgan fingerprint density at radius 1 is 1.19 bits per heavy atom. The molecule has 0 saturated carbocycles. The van der Waals surface area contributed by atoms with Gasteiger partial charge in [-0.25, -0.2) is 4.79 Å². The van der Waals surface area contributed by atoms with Crippen LogP contribution in [0.2, 0.25) is 0 Å². The molecule has 2 aromatic carbocycles. The fraction of sp³-hybridized carbons (Fsp3) is 0.333. The van der Waals surface area contributed by atoms with Crippen LogP contribution in [0.3, 0.4) is 0 Å². The number of ether oxygens (including phenoxy) is 1. The van der Waals surface area contributed by atoms with Crippen LogP contribution in [0.15, 0.2) is 54.6 Å². The van der Waals surface area contributed by atoms with E-state index in [1.54, 1.807) is 6.07 Å². The number of carbonyl (C=O) groups is 2. The zero-order chi connectivity index (χ0) is 18.5. The third-order valence-corrected chi connectivity index (χ3v) is 4.82. The van der Waals surface area contributed by atoms with Crippen LogP contribution in [-0.4, -0.2) is 41.1 Å². The molecule has 136 valence electrons. The van der Waals surface area contributed by atoms with Crippen LogP contribution in [0, 0.1) is 0 Å². The Morgan fingerprint density at radius 2 is 1.96 bits per heavy atom. The van der Waals surface area contributed by atoms with Crippen LogP contribution in [0.4, 0.5) is 0 Å². The van der Waals surface area contributed by atoms with Gasteiger partial charge in [0.1, 0.15) is 6.04 Å². The first-order valence-corrected chi connectivity index (χ1v) is 8.81. The minimum absolute atomic E-state index is 0.254. The van der Waals surface area contributed by atoms with Crippen molar-refractivity contribution in [2.45, 2.75) is 31.8 Å². The Bertz CT molecular complexity index is 769. The van der Waals surface area contributed by atoms with E-state index in [1.807, 2.05) is 48.5 Å². The average molecular weight is 353 g/mol. The molecule has 2 atom stereocenters. The summed E-state index contributed by atoms with van der Waals surface area (Å²) in [5.74, 6) is -0.999. The monoisotopic (exact) mass is 353 g/mol. The molecule has 5 heteroatoms. The van der Waals surface area contributed by atoms with Crippen molar-refractivity contribution in [3.8, 4) is 0 Å². The Kier molecular flexibility index (Phi) is 5.68. The standard InChI is InChI=1S/C21H23NO4/c1-15(21(24)25)22(13-16-6-3-2-4-7-16)20(23)18-9-5-8-17(12-18)19-10-11-26-14-19/h2-9,12,15,19H,10-11,13-14H2,1H3,(H,24,25). The number of hydrogen-bond acceptors (Lipinski definition) is 3. The molecular formula is C21H23NO4. The van der Waals surface area contributed by atoms with Gasteiger partial charge in [0.05, 0.1) is 6.61 Å². The second-order valence-electron chi connectivity index (χ2n) is 6.62. The fourth-order valence-corrected chi connectivity index (χ4v) is 3.19. The minimum atomic E-state index is -1.02. The highest BCUT2D eigenvalue weighted by Gasteiger charge is 2.27. The lowest BCUT2D eigenvalue weighted by Crippen LogP contribution is -2.42. The van der Waals surface area contributed by atoms with Crippen molar-refractivity contribution in [2.75, 3.05) is 13.2 Å². The van der Waals surface area contributed by atoms with E-state index in [4.69, 9.17) is 4.74 Å². The van der Waals surface area contributed by atoms with E-state index >= 15 is 0 Å². The minimum Gasteiger partial charge on any atom is -0.480 e. The normalized spacial score (nSPS) is 17.7. The number of carboxylic acid groups (broad SMARTS) is 1. The Balaban J connectivity index is 1.87. The van der Waals surface area contributed by atoms with E-state index in [9.17, 15) is 14.7 Å². The van der Waals surface area contributed by atoms with Gasteiger partial charge < -0.3 is 14.7 Å². The van der Waals surface area contributed by atoms with Crippen molar-refractivity contribution in [2.24, 2.45) is 0 Å². The summed E-state index contributed by atoms with van der Waals surface area (Å²) in [6.45, 7) is 3.19. The maximum absolute atomic E-state index is 13.1. The van der Waals surface area contributed by atoms with E-state index < -0.39 is 12.0 Å². The maximum Gasteiger partial charge on any atom is 0.326 e. The molecule has 1 N–H and O–H groups in total. The molecule has 2 unspecified atom stereocenters. The van der Waals surface area contributed by atoms with Crippen molar-refractivity contribution in [3.05, 3.63) is 71.3 Å². The van der Waals surface area contributed by atoms with Gasteiger partial charge in [-0.15, -0.1) is 0 Å². The number of carboxylic acids is 1. The predicted octanol–water partition coefficient (Wildman–Crippen LogP) is 3.31. The van der Waals surface area contributed by atoms with Crippen LogP contribution in [-0.2, 0) is 16.1 Å². The summed E-state index contributed by atoms with van der Waals surface area (Å²) < 4.78 is 5.43. The molecule has 1 saturated heterocycles. The van der Waals surface area contributed by atoms with Gasteiger partial charge in [-0.3, -0.25) is 4.79 Å². The van der Waals surface area contributed by atoms with Crippen LogP contribution in [0.25, 0.3) is 0 Å². The first kappa shape index (κ1) is 18.1. The second kappa shape index (κ2) is 8.15. The highest BCUT2D eigenvalue weighted by atomic mass is 16.5. The van der Waals surface area contributed by atoms with Gasteiger partial charge in [0.2, 0.25) is 0 Å². The van der Waals surface area contributed by atoms with E-state index in [0.717, 1.165) is 24.2 Å². The molecule has 0 spiro atoms. The zero-order valence-corrected chi connectivity index (χ0v) is 14.8. The van der Waals surface area contributed by atoms with Gasteiger partial charge in [0.15, 0.2) is 0 Å². The van der Waals surface area contributed by atoms with Gasteiger partial charge in [-0.2, -0.15) is 0 Å². The number of aliphatic carboxylic acids is 1. The number of carbonyl (C=O) groups excluding carboxylic acids is 1. The van der Waals surface area contributed by atoms with Crippen molar-refractivity contribution < 1.29 is 19.4 Å². The average Bonchev–Trinajstić information content (AvgIpc) is 3.21. The van der Waals surface area contributed by atoms with Gasteiger partial charge in [-0.05, 0) is 36.6 Å². The number of amides is 1. The smallest absolute Gasteiger partial charge is 0.326 e. The molecule has 1 aliphatic heterocycles. The van der Waals surface area contributed by atoms with Crippen molar-refractivity contribution in [1.82, 2.24) is 4.90 Å². The molecular weight excluding hydrogens is 330 g/mol. The van der Waals surface area contributed by atoms with Crippen molar-refractivity contribution in [1.29, 1.82) is 0 Å². The van der Waals surface area contributed by atoms with Crippen LogP contribution in [0.5, 0.6) is 0 Å². The molecule has 1 fully saturated rings. The van der Waals surface area contributed by atoms with Gasteiger partial charge >= 0.3 is 5.97 Å². The molecule has 1 amide bonds. The lowest BCUT2D eigenvalue weighted by Gasteiger charge is -2.27. The third-order valence-electron chi connectivity index (χ3n) is 4.82. The highest BCUT2D eigenvalue weighted by Crippen LogP contribution is 2.26. The molecule has 1 heterocycles. The number of nitrogens with zero attached hydrogens (tertiary/aromatic N) is 1. The van der Waals surface area contributed by atoms with Crippen LogP contribution < -0.4 is 0 Å². The Morgan fingerprint density at radius 3 is 2.62 bits per heavy atom. The summed E-state index contributed by atoms with van der Waals surface area (Å²) in [5, 5.41) is 9.44. The van der Waals surface area contributed by atoms with E-state index in [1.165, 1.54) is 11.8 Å². The second-order valence-corrected chi connectivity index (χ2v) is 6.62. The highest BCUT2D eigenvalue weighted by molar-refractivity contribution is 5.96. The van der Waals surface area contributed by atoms with Gasteiger partial charge in [0.25, 0.3) is 5.91 Å². The SMILES string of the molecule is CC(C(=O)O)N(Cc1ccccc1)C(=O)c1cccc(C2CCOC2)c1. The summed E-state index contributed by atoms with van der Waals surface area (Å²) in [6, 6.07) is 16.0. The van der Waals surface area contributed by atoms with Gasteiger partial charge in [-0.1, -0.05) is 42.5 Å². The van der Waals surface area contributed by atoms with Crippen molar-refractivity contribution >= 4 is 11.9 Å². The Labute approximate surface area is 153 Å². The molecule has 0 aromatic heterocycles. The van der Waals surface area contributed by atoms with E-state index in [-0.39, 0.29) is 12.5 Å². The number of benzene rings is 2. The zero-order valence-electron chi connectivity index (χ0n) is 14.8. The van der Waals surface area contributed by atoms with E-state index in [0.29, 0.717) is 18.1 Å². The molecule has 3 rings (SSSR count). The summed E-state index contributed by atoms with van der Waals surface area (Å²) in [7, 11) is 0. The largest absolute Gasteiger partial charge is 0.480 e. The molecule has 0 aliphatic carbocycles. The molecule has 0 bridgehead atoms. The Hall–Kier alpha value is -2.66. The summed E-state index contributed by atoms with van der Waals surface area (Å²) in [5.41, 5.74) is 2.48. The predicted molar refractivity (Wildman–Crippen MR) is 98.0 cm³/mol. The first-order chi connectivity index (χ1) is 12.6. The topological polar surface area (TPSA) is 66.8 Å². The van der Waals surface area contributed by atoms with E-state index in [2.05, 4.69) is 0 Å². The molecule has 2 aromatic rings. The lowest BCUT2D eigenvalue weighted by atomic mass is 9.96. The summed E-state index contributed by atoms with van der Waals surface area (Å²) >= 11 is 0. The first-order valence-electron chi connectivity index (χ1n) is 8.81. The molecule has 5 nitrogen and oxygen atoms in total. The van der Waals surface area contributed by atoms with Crippen LogP contribution >= 0.6 is 0 Å². The van der Waals surface area contributed by atoms with Crippen LogP contribution in [0.1, 0.15) is 40.7 Å². The number of rotatable bonds is 6.